The molecule has 0 heterocycles. The molecule has 0 rings (SSSR count). The van der Waals surface area contributed by atoms with Crippen LogP contribution in [0.2, 0.25) is 0 Å². The van der Waals surface area contributed by atoms with Crippen molar-refractivity contribution in [2.24, 2.45) is 17.3 Å². The average molecular weight is 455 g/mol. The lowest BCUT2D eigenvalue weighted by Crippen LogP contribution is -2.31. The Labute approximate surface area is 199 Å². The second-order valence-electron chi connectivity index (χ2n) is 10.9. The van der Waals surface area contributed by atoms with E-state index in [4.69, 9.17) is 5.11 Å². The first kappa shape index (κ1) is 30.9. The van der Waals surface area contributed by atoms with Gasteiger partial charge in [-0.1, -0.05) is 118 Å². The monoisotopic (exact) mass is 454 g/mol. The molecule has 4 nitrogen and oxygen atoms in total. The van der Waals surface area contributed by atoms with Crippen LogP contribution in [0.25, 0.3) is 0 Å². The van der Waals surface area contributed by atoms with Gasteiger partial charge in [0.15, 0.2) is 0 Å². The molecule has 0 aromatic rings. The Bertz CT molecular complexity index is 448. The molecule has 0 amide bonds. The van der Waals surface area contributed by atoms with Crippen LogP contribution >= 0.6 is 0 Å². The molecular formula is C28H54O4. The number of aliphatic carboxylic acids is 2. The SMILES string of the molecule is CC(C)CCCCCCCC(CCCCCCCC(C)C)(CCCCCC(=O)O)C(=O)O. The number of hydrogen-bond acceptors (Lipinski definition) is 2. The molecule has 0 fully saturated rings. The first-order valence-corrected chi connectivity index (χ1v) is 13.6. The third-order valence-corrected chi connectivity index (χ3v) is 6.87. The second kappa shape index (κ2) is 19.4. The van der Waals surface area contributed by atoms with Crippen LogP contribution in [0.3, 0.4) is 0 Å². The predicted molar refractivity (Wildman–Crippen MR) is 135 cm³/mol. The summed E-state index contributed by atoms with van der Waals surface area (Å²) < 4.78 is 0. The van der Waals surface area contributed by atoms with E-state index >= 15 is 0 Å². The van der Waals surface area contributed by atoms with Crippen molar-refractivity contribution in [1.29, 1.82) is 0 Å². The Hall–Kier alpha value is -1.06. The molecule has 4 heteroatoms. The smallest absolute Gasteiger partial charge is 0.309 e. The number of carboxylic acids is 2. The third-order valence-electron chi connectivity index (χ3n) is 6.87. The number of hydrogen-bond donors (Lipinski definition) is 2. The summed E-state index contributed by atoms with van der Waals surface area (Å²) in [5.41, 5.74) is -0.612. The molecule has 32 heavy (non-hydrogen) atoms. The van der Waals surface area contributed by atoms with Crippen LogP contribution in [0.15, 0.2) is 0 Å². The number of carboxylic acid groups (broad SMARTS) is 2. The fourth-order valence-corrected chi connectivity index (χ4v) is 4.70. The molecule has 0 aliphatic carbocycles. The molecule has 0 aliphatic heterocycles. The minimum atomic E-state index is -0.760. The van der Waals surface area contributed by atoms with Gasteiger partial charge in [0.05, 0.1) is 5.41 Å². The molecule has 0 radical (unpaired) electrons. The van der Waals surface area contributed by atoms with Crippen LogP contribution in [-0.4, -0.2) is 22.2 Å². The van der Waals surface area contributed by atoms with Crippen molar-refractivity contribution >= 4 is 11.9 Å². The lowest BCUT2D eigenvalue weighted by molar-refractivity contribution is -0.151. The maximum absolute atomic E-state index is 12.4. The highest BCUT2D eigenvalue weighted by Crippen LogP contribution is 2.38. The van der Waals surface area contributed by atoms with Crippen LogP contribution in [0.1, 0.15) is 150 Å². The Morgan fingerprint density at radius 2 is 0.906 bits per heavy atom. The van der Waals surface area contributed by atoms with Gasteiger partial charge >= 0.3 is 11.9 Å². The van der Waals surface area contributed by atoms with Crippen molar-refractivity contribution in [3.63, 3.8) is 0 Å². The van der Waals surface area contributed by atoms with Gasteiger partial charge in [-0.3, -0.25) is 9.59 Å². The van der Waals surface area contributed by atoms with Crippen molar-refractivity contribution < 1.29 is 19.8 Å². The Balaban J connectivity index is 4.52. The topological polar surface area (TPSA) is 74.6 Å². The number of rotatable bonds is 23. The highest BCUT2D eigenvalue weighted by Gasteiger charge is 2.36. The average Bonchev–Trinajstić information content (AvgIpc) is 2.70. The van der Waals surface area contributed by atoms with Crippen molar-refractivity contribution in [2.75, 3.05) is 0 Å². The van der Waals surface area contributed by atoms with E-state index < -0.39 is 17.4 Å². The number of unbranched alkanes of at least 4 members (excludes halogenated alkanes) is 10. The van der Waals surface area contributed by atoms with Gasteiger partial charge in [-0.25, -0.2) is 0 Å². The van der Waals surface area contributed by atoms with Gasteiger partial charge in [-0.05, 0) is 37.5 Å². The standard InChI is InChI=1S/C28H54O4/c1-24(2)18-12-7-5-9-15-21-28(27(31)32,23-17-11-14-20-26(29)30)22-16-10-6-8-13-19-25(3)4/h24-25H,5-23H2,1-4H3,(H,29,30)(H,31,32). The molecule has 0 aromatic carbocycles. The zero-order valence-electron chi connectivity index (χ0n) is 21.8. The summed E-state index contributed by atoms with van der Waals surface area (Å²) in [6.45, 7) is 9.06. The predicted octanol–water partition coefficient (Wildman–Crippen LogP) is 8.87. The van der Waals surface area contributed by atoms with Crippen molar-refractivity contribution in [2.45, 2.75) is 150 Å². The lowest BCUT2D eigenvalue weighted by Gasteiger charge is -2.30. The third kappa shape index (κ3) is 17.5. The molecule has 2 N–H and O–H groups in total. The highest BCUT2D eigenvalue weighted by molar-refractivity contribution is 5.74. The van der Waals surface area contributed by atoms with E-state index in [0.717, 1.165) is 63.2 Å². The van der Waals surface area contributed by atoms with Crippen LogP contribution in [0.5, 0.6) is 0 Å². The van der Waals surface area contributed by atoms with Gasteiger partial charge in [0.2, 0.25) is 0 Å². The van der Waals surface area contributed by atoms with Gasteiger partial charge in [-0.15, -0.1) is 0 Å². The van der Waals surface area contributed by atoms with E-state index in [1.165, 1.54) is 51.4 Å². The molecule has 0 aromatic heterocycles. The van der Waals surface area contributed by atoms with E-state index in [2.05, 4.69) is 27.7 Å². The van der Waals surface area contributed by atoms with Gasteiger partial charge in [0.1, 0.15) is 0 Å². The van der Waals surface area contributed by atoms with Crippen LogP contribution < -0.4 is 0 Å². The molecule has 0 atom stereocenters. The quantitative estimate of drug-likeness (QED) is 0.151. The van der Waals surface area contributed by atoms with E-state index in [9.17, 15) is 14.7 Å². The van der Waals surface area contributed by atoms with E-state index in [1.54, 1.807) is 0 Å². The molecule has 190 valence electrons. The summed E-state index contributed by atoms with van der Waals surface area (Å²) in [5.74, 6) is 0.141. The molecule has 0 saturated heterocycles. The molecule has 0 unspecified atom stereocenters. The summed E-state index contributed by atoms with van der Waals surface area (Å²) in [7, 11) is 0. The van der Waals surface area contributed by atoms with Crippen LogP contribution in [0.4, 0.5) is 0 Å². The summed E-state index contributed by atoms with van der Waals surface area (Å²) in [6, 6.07) is 0. The normalized spacial score (nSPS) is 12.1. The summed E-state index contributed by atoms with van der Waals surface area (Å²) >= 11 is 0. The van der Waals surface area contributed by atoms with Gasteiger partial charge < -0.3 is 10.2 Å². The van der Waals surface area contributed by atoms with Crippen molar-refractivity contribution in [1.82, 2.24) is 0 Å². The minimum Gasteiger partial charge on any atom is -0.481 e. The molecular weight excluding hydrogens is 400 g/mol. The lowest BCUT2D eigenvalue weighted by atomic mass is 9.74. The minimum absolute atomic E-state index is 0.187. The maximum Gasteiger partial charge on any atom is 0.309 e. The largest absolute Gasteiger partial charge is 0.481 e. The van der Waals surface area contributed by atoms with Crippen LogP contribution in [0, 0.1) is 17.3 Å². The zero-order valence-corrected chi connectivity index (χ0v) is 21.8. The molecule has 0 aliphatic rings. The Kier molecular flexibility index (Phi) is 18.8. The van der Waals surface area contributed by atoms with Gasteiger partial charge in [0.25, 0.3) is 0 Å². The zero-order chi connectivity index (χ0) is 24.2. The molecule has 0 bridgehead atoms. The summed E-state index contributed by atoms with van der Waals surface area (Å²) in [4.78, 5) is 23.1. The van der Waals surface area contributed by atoms with Gasteiger partial charge in [0, 0.05) is 6.42 Å². The number of carbonyl (C=O) groups is 2. The molecule has 0 spiro atoms. The fourth-order valence-electron chi connectivity index (χ4n) is 4.70. The molecule has 0 saturated carbocycles. The van der Waals surface area contributed by atoms with E-state index in [1.807, 2.05) is 0 Å². The first-order valence-electron chi connectivity index (χ1n) is 13.6. The summed E-state index contributed by atoms with van der Waals surface area (Å²) in [5, 5.41) is 19.0. The van der Waals surface area contributed by atoms with Crippen molar-refractivity contribution in [3.8, 4) is 0 Å². The highest BCUT2D eigenvalue weighted by atomic mass is 16.4. The van der Waals surface area contributed by atoms with E-state index in [0.29, 0.717) is 12.8 Å². The van der Waals surface area contributed by atoms with Crippen LogP contribution in [-0.2, 0) is 9.59 Å². The van der Waals surface area contributed by atoms with Gasteiger partial charge in [-0.2, -0.15) is 0 Å². The fraction of sp³-hybridized carbons (Fsp3) is 0.929. The Morgan fingerprint density at radius 3 is 1.25 bits per heavy atom. The summed E-state index contributed by atoms with van der Waals surface area (Å²) in [6.07, 6.45) is 19.0. The maximum atomic E-state index is 12.4. The van der Waals surface area contributed by atoms with Crippen molar-refractivity contribution in [3.05, 3.63) is 0 Å². The Morgan fingerprint density at radius 1 is 0.562 bits per heavy atom. The second-order valence-corrected chi connectivity index (χ2v) is 10.9. The first-order chi connectivity index (χ1) is 15.2. The van der Waals surface area contributed by atoms with E-state index in [-0.39, 0.29) is 6.42 Å².